The first kappa shape index (κ1) is 15.1. The SMILES string of the molecule is O=C(N[C@@H]1C=C[C@H](CO)C1)c1ccc(N2CCCCC2)cc1. The predicted molar refractivity (Wildman–Crippen MR) is 88.1 cm³/mol. The fraction of sp³-hybridized carbons (Fsp3) is 0.500. The number of benzene rings is 1. The lowest BCUT2D eigenvalue weighted by Gasteiger charge is -2.28. The number of anilines is 1. The van der Waals surface area contributed by atoms with E-state index in [-0.39, 0.29) is 24.5 Å². The largest absolute Gasteiger partial charge is 0.396 e. The Morgan fingerprint density at radius 3 is 2.50 bits per heavy atom. The standard InChI is InChI=1S/C18H24N2O2/c21-13-14-4-7-16(12-14)19-18(22)15-5-8-17(9-6-15)20-10-2-1-3-11-20/h4-9,14,16,21H,1-3,10-13H2,(H,19,22)/t14-,16+/m0/s1. The van der Waals surface area contributed by atoms with E-state index in [1.807, 2.05) is 36.4 Å². The summed E-state index contributed by atoms with van der Waals surface area (Å²) in [6.07, 6.45) is 8.56. The van der Waals surface area contributed by atoms with Crippen molar-refractivity contribution in [1.82, 2.24) is 5.32 Å². The van der Waals surface area contributed by atoms with E-state index in [1.165, 1.54) is 24.9 Å². The van der Waals surface area contributed by atoms with Crippen LogP contribution in [0.25, 0.3) is 0 Å². The highest BCUT2D eigenvalue weighted by atomic mass is 16.3. The van der Waals surface area contributed by atoms with E-state index in [2.05, 4.69) is 10.2 Å². The van der Waals surface area contributed by atoms with Gasteiger partial charge in [-0.2, -0.15) is 0 Å². The molecule has 0 bridgehead atoms. The molecule has 4 heteroatoms. The maximum Gasteiger partial charge on any atom is 0.251 e. The van der Waals surface area contributed by atoms with Crippen molar-refractivity contribution in [3.05, 3.63) is 42.0 Å². The van der Waals surface area contributed by atoms with Crippen LogP contribution in [0.3, 0.4) is 0 Å². The molecule has 2 aliphatic rings. The summed E-state index contributed by atoms with van der Waals surface area (Å²) in [5.41, 5.74) is 1.90. The third-order valence-corrected chi connectivity index (χ3v) is 4.57. The van der Waals surface area contributed by atoms with Crippen LogP contribution in [0, 0.1) is 5.92 Å². The summed E-state index contributed by atoms with van der Waals surface area (Å²) in [5, 5.41) is 12.1. The van der Waals surface area contributed by atoms with E-state index >= 15 is 0 Å². The smallest absolute Gasteiger partial charge is 0.251 e. The van der Waals surface area contributed by atoms with Crippen LogP contribution >= 0.6 is 0 Å². The first-order chi connectivity index (χ1) is 10.8. The third kappa shape index (κ3) is 3.50. The third-order valence-electron chi connectivity index (χ3n) is 4.57. The first-order valence-corrected chi connectivity index (χ1v) is 8.21. The molecule has 0 saturated carbocycles. The van der Waals surface area contributed by atoms with Gasteiger partial charge in [-0.3, -0.25) is 4.79 Å². The number of hydrogen-bond acceptors (Lipinski definition) is 3. The van der Waals surface area contributed by atoms with Gasteiger partial charge in [0, 0.05) is 42.9 Å². The summed E-state index contributed by atoms with van der Waals surface area (Å²) in [5.74, 6) is 0.130. The summed E-state index contributed by atoms with van der Waals surface area (Å²) >= 11 is 0. The van der Waals surface area contributed by atoms with E-state index in [1.54, 1.807) is 0 Å². The summed E-state index contributed by atoms with van der Waals surface area (Å²) in [6.45, 7) is 2.37. The Morgan fingerprint density at radius 2 is 1.86 bits per heavy atom. The molecular weight excluding hydrogens is 276 g/mol. The van der Waals surface area contributed by atoms with E-state index < -0.39 is 0 Å². The number of piperidine rings is 1. The average molecular weight is 300 g/mol. The Bertz CT molecular complexity index is 533. The molecule has 1 aliphatic carbocycles. The summed E-state index contributed by atoms with van der Waals surface area (Å²) < 4.78 is 0. The van der Waals surface area contributed by atoms with Crippen LogP contribution in [0.5, 0.6) is 0 Å². The van der Waals surface area contributed by atoms with E-state index in [0.29, 0.717) is 5.56 Å². The lowest BCUT2D eigenvalue weighted by molar-refractivity contribution is 0.0941. The lowest BCUT2D eigenvalue weighted by Crippen LogP contribution is -2.33. The molecule has 118 valence electrons. The van der Waals surface area contributed by atoms with Crippen molar-refractivity contribution in [2.45, 2.75) is 31.7 Å². The predicted octanol–water partition coefficient (Wildman–Crippen LogP) is 2.34. The van der Waals surface area contributed by atoms with Crippen LogP contribution < -0.4 is 10.2 Å². The second-order valence-corrected chi connectivity index (χ2v) is 6.24. The molecule has 1 aromatic rings. The summed E-state index contributed by atoms with van der Waals surface area (Å²) in [6, 6.07) is 7.93. The second kappa shape index (κ2) is 6.97. The monoisotopic (exact) mass is 300 g/mol. The molecule has 2 N–H and O–H groups in total. The van der Waals surface area contributed by atoms with Gasteiger partial charge >= 0.3 is 0 Å². The van der Waals surface area contributed by atoms with Crippen LogP contribution in [0.15, 0.2) is 36.4 Å². The van der Waals surface area contributed by atoms with Crippen molar-refractivity contribution in [2.24, 2.45) is 5.92 Å². The molecule has 4 nitrogen and oxygen atoms in total. The Morgan fingerprint density at radius 1 is 1.14 bits per heavy atom. The number of hydrogen-bond donors (Lipinski definition) is 2. The van der Waals surface area contributed by atoms with Crippen LogP contribution in [0.1, 0.15) is 36.0 Å². The lowest BCUT2D eigenvalue weighted by atomic mass is 10.1. The topological polar surface area (TPSA) is 52.6 Å². The van der Waals surface area contributed by atoms with E-state index in [0.717, 1.165) is 19.5 Å². The Hall–Kier alpha value is -1.81. The van der Waals surface area contributed by atoms with E-state index in [9.17, 15) is 4.79 Å². The van der Waals surface area contributed by atoms with Gasteiger partial charge in [-0.15, -0.1) is 0 Å². The van der Waals surface area contributed by atoms with E-state index in [4.69, 9.17) is 5.11 Å². The molecule has 3 rings (SSSR count). The quantitative estimate of drug-likeness (QED) is 0.839. The molecule has 1 heterocycles. The summed E-state index contributed by atoms with van der Waals surface area (Å²) in [7, 11) is 0. The molecule has 1 saturated heterocycles. The zero-order chi connectivity index (χ0) is 15.4. The molecule has 0 unspecified atom stereocenters. The Kier molecular flexibility index (Phi) is 4.78. The number of aliphatic hydroxyl groups excluding tert-OH is 1. The van der Waals surface area contributed by atoms with Crippen molar-refractivity contribution in [2.75, 3.05) is 24.6 Å². The molecule has 0 radical (unpaired) electrons. The minimum absolute atomic E-state index is 0.0337. The number of carbonyl (C=O) groups is 1. The molecule has 1 fully saturated rings. The number of aliphatic hydroxyl groups is 1. The van der Waals surface area contributed by atoms with Gasteiger partial charge in [0.1, 0.15) is 0 Å². The zero-order valence-electron chi connectivity index (χ0n) is 12.9. The number of carbonyl (C=O) groups excluding carboxylic acids is 1. The van der Waals surface area contributed by atoms with Gasteiger partial charge in [0.05, 0.1) is 0 Å². The van der Waals surface area contributed by atoms with Gasteiger partial charge in [-0.1, -0.05) is 12.2 Å². The van der Waals surface area contributed by atoms with Gasteiger partial charge in [0.2, 0.25) is 0 Å². The fourth-order valence-electron chi connectivity index (χ4n) is 3.24. The number of nitrogens with zero attached hydrogens (tertiary/aromatic N) is 1. The number of amides is 1. The molecule has 1 aromatic carbocycles. The van der Waals surface area contributed by atoms with Crippen molar-refractivity contribution >= 4 is 11.6 Å². The molecule has 1 amide bonds. The highest BCUT2D eigenvalue weighted by Crippen LogP contribution is 2.21. The molecule has 2 atom stereocenters. The van der Waals surface area contributed by atoms with Crippen molar-refractivity contribution < 1.29 is 9.90 Å². The summed E-state index contributed by atoms with van der Waals surface area (Å²) in [4.78, 5) is 14.6. The molecular formula is C18H24N2O2. The first-order valence-electron chi connectivity index (χ1n) is 8.21. The van der Waals surface area contributed by atoms with Crippen LogP contribution in [-0.4, -0.2) is 36.8 Å². The van der Waals surface area contributed by atoms with Crippen molar-refractivity contribution in [3.8, 4) is 0 Å². The van der Waals surface area contributed by atoms with Gasteiger partial charge in [-0.25, -0.2) is 0 Å². The van der Waals surface area contributed by atoms with Crippen molar-refractivity contribution in [3.63, 3.8) is 0 Å². The Balaban J connectivity index is 1.58. The van der Waals surface area contributed by atoms with Gasteiger partial charge < -0.3 is 15.3 Å². The molecule has 0 spiro atoms. The van der Waals surface area contributed by atoms with Crippen molar-refractivity contribution in [1.29, 1.82) is 0 Å². The highest BCUT2D eigenvalue weighted by molar-refractivity contribution is 5.94. The number of rotatable bonds is 4. The maximum atomic E-state index is 12.3. The minimum Gasteiger partial charge on any atom is -0.396 e. The molecule has 1 aliphatic heterocycles. The van der Waals surface area contributed by atoms with Gasteiger partial charge in [0.25, 0.3) is 5.91 Å². The molecule has 22 heavy (non-hydrogen) atoms. The molecule has 0 aromatic heterocycles. The maximum absolute atomic E-state index is 12.3. The van der Waals surface area contributed by atoms with Gasteiger partial charge in [-0.05, 0) is 49.9 Å². The fourth-order valence-corrected chi connectivity index (χ4v) is 3.24. The van der Waals surface area contributed by atoms with Crippen LogP contribution in [-0.2, 0) is 0 Å². The van der Waals surface area contributed by atoms with Crippen LogP contribution in [0.4, 0.5) is 5.69 Å². The van der Waals surface area contributed by atoms with Crippen LogP contribution in [0.2, 0.25) is 0 Å². The highest BCUT2D eigenvalue weighted by Gasteiger charge is 2.20. The zero-order valence-corrected chi connectivity index (χ0v) is 12.9. The average Bonchev–Trinajstić information content (AvgIpc) is 3.03. The normalized spacial score (nSPS) is 24.5. The van der Waals surface area contributed by atoms with Gasteiger partial charge in [0.15, 0.2) is 0 Å². The minimum atomic E-state index is -0.0431. The Labute approximate surface area is 131 Å². The number of nitrogens with one attached hydrogen (secondary N) is 1. The second-order valence-electron chi connectivity index (χ2n) is 6.24.